The highest BCUT2D eigenvalue weighted by molar-refractivity contribution is 9.10. The van der Waals surface area contributed by atoms with Gasteiger partial charge in [-0.1, -0.05) is 47.3 Å². The molecule has 0 saturated heterocycles. The van der Waals surface area contributed by atoms with E-state index in [2.05, 4.69) is 52.4 Å². The van der Waals surface area contributed by atoms with Crippen molar-refractivity contribution in [2.75, 3.05) is 0 Å². The molecule has 0 amide bonds. The van der Waals surface area contributed by atoms with E-state index in [1.165, 1.54) is 24.8 Å². The summed E-state index contributed by atoms with van der Waals surface area (Å²) in [7, 11) is 0. The predicted molar refractivity (Wildman–Crippen MR) is 83.3 cm³/mol. The van der Waals surface area contributed by atoms with Crippen LogP contribution < -0.4 is 5.32 Å². The van der Waals surface area contributed by atoms with E-state index >= 15 is 0 Å². The molecule has 19 heavy (non-hydrogen) atoms. The maximum atomic E-state index is 10.1. The highest BCUT2D eigenvalue weighted by Crippen LogP contribution is 2.19. The van der Waals surface area contributed by atoms with Crippen molar-refractivity contribution in [3.05, 3.63) is 34.3 Å². The average Bonchev–Trinajstić information content (AvgIpc) is 2.58. The Morgan fingerprint density at radius 3 is 2.63 bits per heavy atom. The molecule has 3 unspecified atom stereocenters. The highest BCUT2D eigenvalue weighted by atomic mass is 79.9. The Hall–Kier alpha value is -0.380. The van der Waals surface area contributed by atoms with E-state index in [1.54, 1.807) is 0 Å². The van der Waals surface area contributed by atoms with Crippen molar-refractivity contribution in [2.45, 2.75) is 63.6 Å². The van der Waals surface area contributed by atoms with E-state index < -0.39 is 0 Å². The monoisotopic (exact) mass is 325 g/mol. The van der Waals surface area contributed by atoms with Crippen molar-refractivity contribution in [1.29, 1.82) is 0 Å². The summed E-state index contributed by atoms with van der Waals surface area (Å²) in [5.41, 5.74) is 1.34. The van der Waals surface area contributed by atoms with E-state index in [9.17, 15) is 5.11 Å². The summed E-state index contributed by atoms with van der Waals surface area (Å²) in [5, 5.41) is 13.7. The fourth-order valence-electron chi connectivity index (χ4n) is 2.88. The first-order valence-electron chi connectivity index (χ1n) is 7.33. The van der Waals surface area contributed by atoms with E-state index in [0.717, 1.165) is 23.7 Å². The van der Waals surface area contributed by atoms with Gasteiger partial charge in [-0.3, -0.25) is 0 Å². The molecule has 2 nitrogen and oxygen atoms in total. The molecule has 1 fully saturated rings. The van der Waals surface area contributed by atoms with Crippen molar-refractivity contribution in [3.63, 3.8) is 0 Å². The quantitative estimate of drug-likeness (QED) is 0.828. The van der Waals surface area contributed by atoms with Gasteiger partial charge in [0.2, 0.25) is 0 Å². The maximum Gasteiger partial charge on any atom is 0.0693 e. The van der Waals surface area contributed by atoms with E-state index in [1.807, 2.05) is 0 Å². The fourth-order valence-corrected chi connectivity index (χ4v) is 3.15. The minimum absolute atomic E-state index is 0.171. The zero-order valence-electron chi connectivity index (χ0n) is 11.6. The lowest BCUT2D eigenvalue weighted by atomic mass is 10.0. The Kier molecular flexibility index (Phi) is 5.86. The van der Waals surface area contributed by atoms with Gasteiger partial charge >= 0.3 is 0 Å². The SMILES string of the molecule is CC(Cc1ccc(Br)cc1)NC1CCCCCC1O. The molecular formula is C16H24BrNO. The lowest BCUT2D eigenvalue weighted by Gasteiger charge is -2.26. The number of rotatable bonds is 4. The van der Waals surface area contributed by atoms with Gasteiger partial charge in [0, 0.05) is 16.6 Å². The second-order valence-electron chi connectivity index (χ2n) is 5.71. The molecule has 2 rings (SSSR count). The topological polar surface area (TPSA) is 32.3 Å². The van der Waals surface area contributed by atoms with Gasteiger partial charge < -0.3 is 10.4 Å². The third kappa shape index (κ3) is 4.90. The zero-order valence-corrected chi connectivity index (χ0v) is 13.2. The van der Waals surface area contributed by atoms with Gasteiger partial charge in [-0.25, -0.2) is 0 Å². The van der Waals surface area contributed by atoms with E-state index in [0.29, 0.717) is 6.04 Å². The van der Waals surface area contributed by atoms with Gasteiger partial charge in [0.05, 0.1) is 6.10 Å². The Morgan fingerprint density at radius 2 is 1.89 bits per heavy atom. The van der Waals surface area contributed by atoms with Crippen LogP contribution >= 0.6 is 15.9 Å². The summed E-state index contributed by atoms with van der Waals surface area (Å²) in [4.78, 5) is 0. The van der Waals surface area contributed by atoms with Gasteiger partial charge in [-0.05, 0) is 43.9 Å². The van der Waals surface area contributed by atoms with Crippen LogP contribution in [-0.2, 0) is 6.42 Å². The van der Waals surface area contributed by atoms with E-state index in [4.69, 9.17) is 0 Å². The minimum Gasteiger partial charge on any atom is -0.392 e. The van der Waals surface area contributed by atoms with Crippen LogP contribution in [0.15, 0.2) is 28.7 Å². The molecule has 1 aromatic carbocycles. The zero-order chi connectivity index (χ0) is 13.7. The number of benzene rings is 1. The Bertz CT molecular complexity index is 379. The summed E-state index contributed by atoms with van der Waals surface area (Å²) >= 11 is 3.46. The lowest BCUT2D eigenvalue weighted by Crippen LogP contribution is -2.44. The summed E-state index contributed by atoms with van der Waals surface area (Å²) in [5.74, 6) is 0. The van der Waals surface area contributed by atoms with Crippen LogP contribution in [0.1, 0.15) is 44.6 Å². The first-order chi connectivity index (χ1) is 9.15. The maximum absolute atomic E-state index is 10.1. The lowest BCUT2D eigenvalue weighted by molar-refractivity contribution is 0.114. The van der Waals surface area contributed by atoms with Crippen molar-refractivity contribution < 1.29 is 5.11 Å². The molecule has 0 spiro atoms. The molecule has 0 aromatic heterocycles. The largest absolute Gasteiger partial charge is 0.392 e. The molecule has 106 valence electrons. The van der Waals surface area contributed by atoms with Gasteiger partial charge in [0.25, 0.3) is 0 Å². The Morgan fingerprint density at radius 1 is 1.21 bits per heavy atom. The van der Waals surface area contributed by atoms with Crippen molar-refractivity contribution in [1.82, 2.24) is 5.32 Å². The number of hydrogen-bond donors (Lipinski definition) is 2. The highest BCUT2D eigenvalue weighted by Gasteiger charge is 2.22. The van der Waals surface area contributed by atoms with Crippen LogP contribution in [0, 0.1) is 0 Å². The Labute approximate surface area is 124 Å². The van der Waals surface area contributed by atoms with Crippen LogP contribution in [-0.4, -0.2) is 23.3 Å². The molecule has 3 heteroatoms. The first kappa shape index (κ1) is 15.0. The molecule has 0 aliphatic heterocycles. The minimum atomic E-state index is -0.171. The molecule has 0 heterocycles. The molecular weight excluding hydrogens is 302 g/mol. The van der Waals surface area contributed by atoms with Crippen molar-refractivity contribution in [2.24, 2.45) is 0 Å². The Balaban J connectivity index is 1.85. The fraction of sp³-hybridized carbons (Fsp3) is 0.625. The van der Waals surface area contributed by atoms with Crippen LogP contribution in [0.25, 0.3) is 0 Å². The van der Waals surface area contributed by atoms with E-state index in [-0.39, 0.29) is 12.1 Å². The molecule has 1 saturated carbocycles. The second kappa shape index (κ2) is 7.41. The molecule has 0 radical (unpaired) electrons. The number of hydrogen-bond acceptors (Lipinski definition) is 2. The standard InChI is InChI=1S/C16H24BrNO/c1-12(11-13-7-9-14(17)10-8-13)18-15-5-3-2-4-6-16(15)19/h7-10,12,15-16,18-19H,2-6,11H2,1H3. The van der Waals surface area contributed by atoms with Crippen LogP contribution in [0.5, 0.6) is 0 Å². The molecule has 1 aliphatic carbocycles. The average molecular weight is 326 g/mol. The van der Waals surface area contributed by atoms with Gasteiger partial charge in [0.1, 0.15) is 0 Å². The number of nitrogens with one attached hydrogen (secondary N) is 1. The predicted octanol–water partition coefficient (Wildman–Crippen LogP) is 3.66. The summed E-state index contributed by atoms with van der Waals surface area (Å²) in [6.07, 6.45) is 6.55. The number of halogens is 1. The first-order valence-corrected chi connectivity index (χ1v) is 8.13. The molecule has 3 atom stereocenters. The van der Waals surface area contributed by atoms with Gasteiger partial charge in [-0.15, -0.1) is 0 Å². The number of aliphatic hydroxyl groups excluding tert-OH is 1. The van der Waals surface area contributed by atoms with Crippen LogP contribution in [0.2, 0.25) is 0 Å². The molecule has 1 aliphatic rings. The smallest absolute Gasteiger partial charge is 0.0693 e. The molecule has 1 aromatic rings. The van der Waals surface area contributed by atoms with Gasteiger partial charge in [-0.2, -0.15) is 0 Å². The molecule has 2 N–H and O–H groups in total. The summed E-state index contributed by atoms with van der Waals surface area (Å²) in [6.45, 7) is 2.21. The third-order valence-corrected chi connectivity index (χ3v) is 4.46. The molecule has 0 bridgehead atoms. The van der Waals surface area contributed by atoms with Gasteiger partial charge in [0.15, 0.2) is 0 Å². The third-order valence-electron chi connectivity index (χ3n) is 3.93. The summed E-state index contributed by atoms with van der Waals surface area (Å²) < 4.78 is 1.12. The van der Waals surface area contributed by atoms with Crippen molar-refractivity contribution in [3.8, 4) is 0 Å². The second-order valence-corrected chi connectivity index (χ2v) is 6.63. The number of aliphatic hydroxyl groups is 1. The van der Waals surface area contributed by atoms with Crippen LogP contribution in [0.3, 0.4) is 0 Å². The normalized spacial score (nSPS) is 25.8. The van der Waals surface area contributed by atoms with Crippen molar-refractivity contribution >= 4 is 15.9 Å². The van der Waals surface area contributed by atoms with Crippen LogP contribution in [0.4, 0.5) is 0 Å². The summed E-state index contributed by atoms with van der Waals surface area (Å²) in [6, 6.07) is 9.16.